The summed E-state index contributed by atoms with van der Waals surface area (Å²) in [5, 5.41) is 5.93. The molecule has 2 aromatic heterocycles. The quantitative estimate of drug-likeness (QED) is 0.379. The third-order valence-electron chi connectivity index (χ3n) is 5.21. The van der Waals surface area contributed by atoms with Crippen molar-refractivity contribution in [3.8, 4) is 5.69 Å². The Morgan fingerprint density at radius 2 is 1.94 bits per heavy atom. The number of carbonyl (C=O) groups excluding carboxylic acids is 1. The molecular formula is C24H25N5O3S. The Hall–Kier alpha value is -3.56. The van der Waals surface area contributed by atoms with E-state index in [1.54, 1.807) is 16.9 Å². The lowest BCUT2D eigenvalue weighted by Gasteiger charge is -2.18. The van der Waals surface area contributed by atoms with E-state index in [1.165, 1.54) is 11.3 Å². The number of esters is 1. The molecule has 0 radical (unpaired) electrons. The molecule has 0 unspecified atom stereocenters. The first-order valence-electron chi connectivity index (χ1n) is 10.8. The lowest BCUT2D eigenvalue weighted by molar-refractivity contribution is 0.0520. The molecule has 170 valence electrons. The van der Waals surface area contributed by atoms with Crippen LogP contribution in [0.5, 0.6) is 0 Å². The van der Waals surface area contributed by atoms with Gasteiger partial charge in [0.15, 0.2) is 10.8 Å². The second kappa shape index (κ2) is 9.93. The Bertz CT molecular complexity index is 1330. The highest BCUT2D eigenvalue weighted by Gasteiger charge is 2.19. The third kappa shape index (κ3) is 4.64. The van der Waals surface area contributed by atoms with Crippen LogP contribution in [0.2, 0.25) is 0 Å². The highest BCUT2D eigenvalue weighted by atomic mass is 32.1. The number of hydrogen-bond donors (Lipinski definition) is 2. The summed E-state index contributed by atoms with van der Waals surface area (Å²) in [6.07, 6.45) is 0.652. The molecule has 3 N–H and O–H groups in total. The van der Waals surface area contributed by atoms with Crippen molar-refractivity contribution in [2.24, 2.45) is 5.73 Å². The van der Waals surface area contributed by atoms with Crippen LogP contribution in [0.15, 0.2) is 58.7 Å². The van der Waals surface area contributed by atoms with Crippen molar-refractivity contribution in [2.45, 2.75) is 32.9 Å². The molecule has 8 nitrogen and oxygen atoms in total. The first-order chi connectivity index (χ1) is 16.0. The topological polar surface area (TPSA) is 112 Å². The molecule has 4 aromatic rings. The van der Waals surface area contributed by atoms with Gasteiger partial charge in [0.2, 0.25) is 0 Å². The van der Waals surface area contributed by atoms with Crippen molar-refractivity contribution >= 4 is 33.3 Å². The summed E-state index contributed by atoms with van der Waals surface area (Å²) in [5.74, 6) is 0.0759. The van der Waals surface area contributed by atoms with Crippen molar-refractivity contribution in [1.29, 1.82) is 0 Å². The van der Waals surface area contributed by atoms with Gasteiger partial charge in [0.25, 0.3) is 5.56 Å². The van der Waals surface area contributed by atoms with E-state index in [9.17, 15) is 9.59 Å². The average Bonchev–Trinajstić information content (AvgIpc) is 3.32. The summed E-state index contributed by atoms with van der Waals surface area (Å²) < 4.78 is 6.59. The fraction of sp³-hybridized carbons (Fsp3) is 0.250. The minimum atomic E-state index is -0.457. The maximum absolute atomic E-state index is 13.7. The Morgan fingerprint density at radius 3 is 2.67 bits per heavy atom. The van der Waals surface area contributed by atoms with Gasteiger partial charge in [-0.2, -0.15) is 0 Å². The molecule has 0 aliphatic carbocycles. The molecule has 2 aromatic carbocycles. The zero-order valence-electron chi connectivity index (χ0n) is 18.4. The smallest absolute Gasteiger partial charge is 0.357 e. The highest BCUT2D eigenvalue weighted by Crippen LogP contribution is 2.22. The number of carbonyl (C=O) groups is 1. The number of nitrogens with zero attached hydrogens (tertiary/aromatic N) is 3. The van der Waals surface area contributed by atoms with Gasteiger partial charge in [-0.3, -0.25) is 9.36 Å². The van der Waals surface area contributed by atoms with E-state index in [-0.39, 0.29) is 17.3 Å². The van der Waals surface area contributed by atoms with E-state index in [4.69, 9.17) is 15.5 Å². The first kappa shape index (κ1) is 22.6. The fourth-order valence-electron chi connectivity index (χ4n) is 3.55. The van der Waals surface area contributed by atoms with E-state index >= 15 is 0 Å². The second-order valence-electron chi connectivity index (χ2n) is 7.38. The largest absolute Gasteiger partial charge is 0.461 e. The molecule has 0 aliphatic heterocycles. The van der Waals surface area contributed by atoms with Crippen LogP contribution in [-0.4, -0.2) is 27.1 Å². The molecule has 0 aliphatic rings. The van der Waals surface area contributed by atoms with Crippen molar-refractivity contribution in [1.82, 2.24) is 14.5 Å². The molecule has 2 heterocycles. The predicted molar refractivity (Wildman–Crippen MR) is 130 cm³/mol. The number of benzene rings is 2. The van der Waals surface area contributed by atoms with Crippen LogP contribution in [0.4, 0.5) is 5.13 Å². The zero-order valence-corrected chi connectivity index (χ0v) is 19.3. The van der Waals surface area contributed by atoms with Crippen LogP contribution >= 0.6 is 11.3 Å². The number of aromatic nitrogens is 3. The van der Waals surface area contributed by atoms with Gasteiger partial charge in [-0.15, -0.1) is 11.3 Å². The average molecular weight is 464 g/mol. The Morgan fingerprint density at radius 1 is 1.15 bits per heavy atom. The molecule has 0 amide bonds. The van der Waals surface area contributed by atoms with E-state index in [1.807, 2.05) is 55.5 Å². The Balaban J connectivity index is 1.75. The van der Waals surface area contributed by atoms with Crippen LogP contribution in [0.1, 0.15) is 48.2 Å². The summed E-state index contributed by atoms with van der Waals surface area (Å²) in [6.45, 7) is 4.35. The van der Waals surface area contributed by atoms with Crippen LogP contribution < -0.4 is 16.6 Å². The first-order valence-corrected chi connectivity index (χ1v) is 11.6. The van der Waals surface area contributed by atoms with Gasteiger partial charge in [-0.25, -0.2) is 14.8 Å². The number of hydrogen-bond acceptors (Lipinski definition) is 8. The molecule has 0 saturated carbocycles. The molecule has 1 atom stereocenters. The van der Waals surface area contributed by atoms with Gasteiger partial charge >= 0.3 is 5.97 Å². The minimum absolute atomic E-state index is 0.172. The maximum atomic E-state index is 13.7. The van der Waals surface area contributed by atoms with Gasteiger partial charge in [-0.1, -0.05) is 37.3 Å². The molecule has 0 spiro atoms. The zero-order chi connectivity index (χ0) is 23.4. The van der Waals surface area contributed by atoms with E-state index in [2.05, 4.69) is 10.3 Å². The molecule has 0 bridgehead atoms. The minimum Gasteiger partial charge on any atom is -0.461 e. The fourth-order valence-corrected chi connectivity index (χ4v) is 4.22. The van der Waals surface area contributed by atoms with Crippen LogP contribution in [0.25, 0.3) is 16.6 Å². The summed E-state index contributed by atoms with van der Waals surface area (Å²) in [4.78, 5) is 34.7. The van der Waals surface area contributed by atoms with Crippen LogP contribution in [0, 0.1) is 0 Å². The van der Waals surface area contributed by atoms with Crippen molar-refractivity contribution in [3.63, 3.8) is 0 Å². The predicted octanol–water partition coefficient (Wildman–Crippen LogP) is 4.04. The summed E-state index contributed by atoms with van der Waals surface area (Å²) in [5.41, 5.74) is 8.51. The van der Waals surface area contributed by atoms with Gasteiger partial charge in [0.1, 0.15) is 5.82 Å². The normalized spacial score (nSPS) is 12.0. The van der Waals surface area contributed by atoms with E-state index in [0.717, 1.165) is 11.3 Å². The second-order valence-corrected chi connectivity index (χ2v) is 8.24. The van der Waals surface area contributed by atoms with Gasteiger partial charge in [0.05, 0.1) is 29.2 Å². The number of para-hydroxylation sites is 1. The number of thiazole rings is 1. The number of rotatable bonds is 8. The van der Waals surface area contributed by atoms with Crippen molar-refractivity contribution in [3.05, 3.63) is 81.3 Å². The van der Waals surface area contributed by atoms with Gasteiger partial charge < -0.3 is 15.8 Å². The Kier molecular flexibility index (Phi) is 6.81. The van der Waals surface area contributed by atoms with Gasteiger partial charge in [-0.05, 0) is 37.1 Å². The van der Waals surface area contributed by atoms with E-state index < -0.39 is 5.97 Å². The lowest BCUT2D eigenvalue weighted by Crippen LogP contribution is -2.29. The maximum Gasteiger partial charge on any atom is 0.357 e. The molecule has 4 rings (SSSR count). The number of anilines is 1. The van der Waals surface area contributed by atoms with Crippen molar-refractivity contribution < 1.29 is 9.53 Å². The molecule has 0 saturated heterocycles. The molecule has 9 heteroatoms. The Labute approximate surface area is 195 Å². The molecular weight excluding hydrogens is 438 g/mol. The number of nitrogens with two attached hydrogens (primary N) is 1. The van der Waals surface area contributed by atoms with E-state index in [0.29, 0.717) is 41.4 Å². The standard InChI is InChI=1S/C24H25N5O3S/c1-3-17(25)21-27-18-12-8-9-15(13-26-24-28-19(14-33-24)23(31)32-4-2)20(18)22(30)29(21)16-10-6-5-7-11-16/h5-12,14,17H,3-4,13,25H2,1-2H3,(H,26,28)/t17-/m0/s1. The number of nitrogens with one attached hydrogen (secondary N) is 1. The van der Waals surface area contributed by atoms with Gasteiger partial charge in [0, 0.05) is 11.9 Å². The van der Waals surface area contributed by atoms with Crippen molar-refractivity contribution in [2.75, 3.05) is 11.9 Å². The summed E-state index contributed by atoms with van der Waals surface area (Å²) in [7, 11) is 0. The summed E-state index contributed by atoms with van der Waals surface area (Å²) >= 11 is 1.30. The van der Waals surface area contributed by atoms with Crippen LogP contribution in [-0.2, 0) is 11.3 Å². The summed E-state index contributed by atoms with van der Waals surface area (Å²) in [6, 6.07) is 14.6. The number of fused-ring (bicyclic) bond motifs is 1. The highest BCUT2D eigenvalue weighted by molar-refractivity contribution is 7.13. The molecule has 0 fully saturated rings. The third-order valence-corrected chi connectivity index (χ3v) is 6.01. The number of ether oxygens (including phenoxy) is 1. The monoisotopic (exact) mass is 463 g/mol. The lowest BCUT2D eigenvalue weighted by atomic mass is 10.1. The SMILES string of the molecule is CCOC(=O)c1csc(NCc2cccc3nc([C@@H](N)CC)n(-c4ccccc4)c(=O)c23)n1. The molecule has 33 heavy (non-hydrogen) atoms. The van der Waals surface area contributed by atoms with Crippen LogP contribution in [0.3, 0.4) is 0 Å².